The summed E-state index contributed by atoms with van der Waals surface area (Å²) in [6, 6.07) is 11.2. The lowest BCUT2D eigenvalue weighted by molar-refractivity contribution is -0.118. The molecule has 0 aliphatic carbocycles. The van der Waals surface area contributed by atoms with Gasteiger partial charge in [-0.3, -0.25) is 14.3 Å². The van der Waals surface area contributed by atoms with E-state index >= 15 is 0 Å². The molecule has 0 saturated heterocycles. The number of benzene rings is 2. The summed E-state index contributed by atoms with van der Waals surface area (Å²) in [5.41, 5.74) is 4.67. The largest absolute Gasteiger partial charge is 0.482 e. The van der Waals surface area contributed by atoms with Crippen LogP contribution < -0.4 is 20.7 Å². The summed E-state index contributed by atoms with van der Waals surface area (Å²) in [5, 5.41) is 14.1. The Bertz CT molecular complexity index is 1470. The second-order valence-electron chi connectivity index (χ2n) is 8.18. The number of nitrogens with one attached hydrogen (secondary N) is 3. The van der Waals surface area contributed by atoms with Crippen LogP contribution in [0, 0.1) is 6.92 Å². The van der Waals surface area contributed by atoms with Gasteiger partial charge in [-0.05, 0) is 41.8 Å². The van der Waals surface area contributed by atoms with Gasteiger partial charge in [0.05, 0.1) is 5.69 Å². The average molecular weight is 492 g/mol. The van der Waals surface area contributed by atoms with Crippen LogP contribution in [0.4, 0.5) is 11.5 Å². The van der Waals surface area contributed by atoms with Crippen molar-refractivity contribution in [2.24, 2.45) is 7.05 Å². The van der Waals surface area contributed by atoms with E-state index < -0.39 is 0 Å². The van der Waals surface area contributed by atoms with E-state index in [1.165, 1.54) is 6.33 Å². The number of fused-ring (bicyclic) bond motifs is 2. The van der Waals surface area contributed by atoms with Crippen molar-refractivity contribution in [2.75, 3.05) is 17.2 Å². The molecule has 178 valence electrons. The molecule has 2 aromatic heterocycles. The van der Waals surface area contributed by atoms with Crippen molar-refractivity contribution in [1.29, 1.82) is 0 Å². The molecule has 2 aromatic carbocycles. The molecule has 0 spiro atoms. The molecule has 3 heterocycles. The molecule has 5 rings (SSSR count). The lowest BCUT2D eigenvalue weighted by Crippen LogP contribution is -2.25. The van der Waals surface area contributed by atoms with Crippen molar-refractivity contribution in [2.45, 2.75) is 20.0 Å². The van der Waals surface area contributed by atoms with Crippen LogP contribution in [0.3, 0.4) is 0 Å². The molecule has 1 aliphatic rings. The lowest BCUT2D eigenvalue weighted by atomic mass is 10.1. The molecule has 10 nitrogen and oxygen atoms in total. The number of halogens is 1. The number of aromatic nitrogens is 4. The van der Waals surface area contributed by atoms with Gasteiger partial charge < -0.3 is 20.7 Å². The van der Waals surface area contributed by atoms with E-state index in [1.807, 2.05) is 43.3 Å². The predicted octanol–water partition coefficient (Wildman–Crippen LogP) is 3.20. The fraction of sp³-hybridized carbons (Fsp3) is 0.208. The monoisotopic (exact) mass is 491 g/mol. The zero-order chi connectivity index (χ0) is 24.5. The molecule has 0 fully saturated rings. The number of amides is 2. The van der Waals surface area contributed by atoms with Gasteiger partial charge in [0.25, 0.3) is 11.8 Å². The lowest BCUT2D eigenvalue weighted by Gasteiger charge is -2.18. The molecule has 1 aliphatic heterocycles. The highest BCUT2D eigenvalue weighted by Gasteiger charge is 2.20. The van der Waals surface area contributed by atoms with Crippen LogP contribution in [0.25, 0.3) is 11.0 Å². The second kappa shape index (κ2) is 9.22. The quantitative estimate of drug-likeness (QED) is 0.378. The smallest absolute Gasteiger partial charge is 0.272 e. The van der Waals surface area contributed by atoms with Crippen molar-refractivity contribution < 1.29 is 14.3 Å². The standard InChI is InChI=1S/C24H22ClN7O3/c1-13-3-4-14(7-16(13)25)10-27-24(34)21-22-20(28-12-29-21)23(31-32(22)2)26-9-15-5-6-18-17(8-15)30-19(33)11-35-18/h3-8,12H,9-11H2,1-2H3,(H,26,31)(H,27,34)(H,30,33). The third kappa shape index (κ3) is 4.60. The Kier molecular flexibility index (Phi) is 5.96. The number of hydrogen-bond acceptors (Lipinski definition) is 7. The van der Waals surface area contributed by atoms with Gasteiger partial charge in [0.1, 0.15) is 23.1 Å². The van der Waals surface area contributed by atoms with Crippen molar-refractivity contribution in [1.82, 2.24) is 25.1 Å². The Morgan fingerprint density at radius 2 is 1.97 bits per heavy atom. The molecule has 0 radical (unpaired) electrons. The van der Waals surface area contributed by atoms with Crippen LogP contribution >= 0.6 is 11.6 Å². The Morgan fingerprint density at radius 3 is 2.80 bits per heavy atom. The third-order valence-corrected chi connectivity index (χ3v) is 6.07. The van der Waals surface area contributed by atoms with E-state index in [-0.39, 0.29) is 24.1 Å². The number of aryl methyl sites for hydroxylation is 2. The number of anilines is 2. The van der Waals surface area contributed by atoms with Crippen LogP contribution in [-0.2, 0) is 24.9 Å². The van der Waals surface area contributed by atoms with Gasteiger partial charge in [-0.15, -0.1) is 0 Å². The van der Waals surface area contributed by atoms with Crippen molar-refractivity contribution >= 4 is 46.0 Å². The Hall–Kier alpha value is -4.18. The average Bonchev–Trinajstić information content (AvgIpc) is 3.18. The van der Waals surface area contributed by atoms with E-state index in [0.29, 0.717) is 46.4 Å². The van der Waals surface area contributed by atoms with Gasteiger partial charge >= 0.3 is 0 Å². The molecule has 0 unspecified atom stereocenters. The molecule has 2 amide bonds. The number of ether oxygens (including phenoxy) is 1. The summed E-state index contributed by atoms with van der Waals surface area (Å²) in [6.07, 6.45) is 1.35. The van der Waals surface area contributed by atoms with Crippen LogP contribution in [0.15, 0.2) is 42.7 Å². The number of carbonyl (C=O) groups is 2. The molecular formula is C24H22ClN7O3. The minimum Gasteiger partial charge on any atom is -0.482 e. The zero-order valence-electron chi connectivity index (χ0n) is 19.1. The minimum atomic E-state index is -0.339. The SMILES string of the molecule is Cc1ccc(CNC(=O)c2ncnc3c(NCc4ccc5c(c4)NC(=O)CO5)nn(C)c23)cc1Cl. The van der Waals surface area contributed by atoms with Gasteiger partial charge in [-0.25, -0.2) is 9.97 Å². The minimum absolute atomic E-state index is 0.0128. The maximum absolute atomic E-state index is 12.9. The first-order valence-electron chi connectivity index (χ1n) is 10.9. The van der Waals surface area contributed by atoms with Crippen LogP contribution in [0.1, 0.15) is 27.2 Å². The Labute approximate surface area is 205 Å². The molecular weight excluding hydrogens is 470 g/mol. The summed E-state index contributed by atoms with van der Waals surface area (Å²) < 4.78 is 6.98. The maximum atomic E-state index is 12.9. The summed E-state index contributed by atoms with van der Waals surface area (Å²) >= 11 is 6.19. The summed E-state index contributed by atoms with van der Waals surface area (Å²) in [4.78, 5) is 33.1. The first kappa shape index (κ1) is 22.6. The third-order valence-electron chi connectivity index (χ3n) is 5.66. The summed E-state index contributed by atoms with van der Waals surface area (Å²) in [6.45, 7) is 2.67. The second-order valence-corrected chi connectivity index (χ2v) is 8.59. The fourth-order valence-electron chi connectivity index (χ4n) is 3.83. The normalized spacial score (nSPS) is 12.6. The molecule has 0 bridgehead atoms. The van der Waals surface area contributed by atoms with Crippen molar-refractivity contribution in [3.8, 4) is 5.75 Å². The first-order valence-corrected chi connectivity index (χ1v) is 11.3. The van der Waals surface area contributed by atoms with E-state index in [2.05, 4.69) is 31.0 Å². The van der Waals surface area contributed by atoms with E-state index in [4.69, 9.17) is 16.3 Å². The highest BCUT2D eigenvalue weighted by molar-refractivity contribution is 6.31. The van der Waals surface area contributed by atoms with Gasteiger partial charge in [-0.1, -0.05) is 29.8 Å². The predicted molar refractivity (Wildman–Crippen MR) is 132 cm³/mol. The maximum Gasteiger partial charge on any atom is 0.272 e. The number of carbonyl (C=O) groups excluding carboxylic acids is 2. The van der Waals surface area contributed by atoms with E-state index in [1.54, 1.807) is 11.7 Å². The molecule has 4 aromatic rings. The number of hydrogen-bond donors (Lipinski definition) is 3. The Balaban J connectivity index is 1.33. The van der Waals surface area contributed by atoms with Gasteiger partial charge in [0, 0.05) is 25.2 Å². The van der Waals surface area contributed by atoms with Crippen LogP contribution in [-0.4, -0.2) is 38.2 Å². The van der Waals surface area contributed by atoms with Gasteiger partial charge in [0.15, 0.2) is 18.1 Å². The number of nitrogens with zero attached hydrogens (tertiary/aromatic N) is 4. The van der Waals surface area contributed by atoms with Gasteiger partial charge in [0.2, 0.25) is 0 Å². The molecule has 3 N–H and O–H groups in total. The zero-order valence-corrected chi connectivity index (χ0v) is 19.8. The molecule has 11 heteroatoms. The Morgan fingerprint density at radius 1 is 1.17 bits per heavy atom. The van der Waals surface area contributed by atoms with Crippen LogP contribution in [0.5, 0.6) is 5.75 Å². The number of rotatable bonds is 6. The summed E-state index contributed by atoms with van der Waals surface area (Å²) in [5.74, 6) is 0.621. The fourth-order valence-corrected chi connectivity index (χ4v) is 4.03. The topological polar surface area (TPSA) is 123 Å². The molecule has 0 atom stereocenters. The van der Waals surface area contributed by atoms with Crippen molar-refractivity contribution in [3.05, 3.63) is 70.1 Å². The van der Waals surface area contributed by atoms with E-state index in [0.717, 1.165) is 16.7 Å². The van der Waals surface area contributed by atoms with Gasteiger partial charge in [-0.2, -0.15) is 5.10 Å². The van der Waals surface area contributed by atoms with Crippen LogP contribution in [0.2, 0.25) is 5.02 Å². The highest BCUT2D eigenvalue weighted by Crippen LogP contribution is 2.29. The molecule has 35 heavy (non-hydrogen) atoms. The van der Waals surface area contributed by atoms with Crippen molar-refractivity contribution in [3.63, 3.8) is 0 Å². The van der Waals surface area contributed by atoms with E-state index in [9.17, 15) is 9.59 Å². The molecule has 0 saturated carbocycles. The highest BCUT2D eigenvalue weighted by atomic mass is 35.5. The first-order chi connectivity index (χ1) is 16.9. The summed E-state index contributed by atoms with van der Waals surface area (Å²) in [7, 11) is 1.74.